The first-order valence-electron chi connectivity index (χ1n) is 4.37. The molecular weight excluding hydrogens is 198 g/mol. The van der Waals surface area contributed by atoms with Gasteiger partial charge in [-0.25, -0.2) is 0 Å². The van der Waals surface area contributed by atoms with Crippen LogP contribution in [0.2, 0.25) is 0 Å². The molecule has 0 atom stereocenters. The Balaban J connectivity index is 3.22. The molecular formula is C10H13NO4. The number of anilines is 1. The summed E-state index contributed by atoms with van der Waals surface area (Å²) < 4.78 is 4.88. The predicted molar refractivity (Wildman–Crippen MR) is 54.9 cm³/mol. The first-order chi connectivity index (χ1) is 7.10. The summed E-state index contributed by atoms with van der Waals surface area (Å²) in [6.07, 6.45) is 0. The summed E-state index contributed by atoms with van der Waals surface area (Å²) in [7, 11) is 1.41. The fourth-order valence-corrected chi connectivity index (χ4v) is 1.23. The Morgan fingerprint density at radius 2 is 2.20 bits per heavy atom. The SMILES string of the molecule is COc1ccc(CO)c(NC(C)=O)c1O. The molecule has 1 amide bonds. The maximum absolute atomic E-state index is 10.9. The summed E-state index contributed by atoms with van der Waals surface area (Å²) in [4.78, 5) is 10.9. The lowest BCUT2D eigenvalue weighted by molar-refractivity contribution is -0.114. The summed E-state index contributed by atoms with van der Waals surface area (Å²) in [5.74, 6) is -0.261. The zero-order valence-electron chi connectivity index (χ0n) is 8.57. The number of carbonyl (C=O) groups excluding carboxylic acids is 1. The van der Waals surface area contributed by atoms with E-state index in [0.29, 0.717) is 5.56 Å². The van der Waals surface area contributed by atoms with Gasteiger partial charge >= 0.3 is 0 Å². The first-order valence-corrected chi connectivity index (χ1v) is 4.37. The number of methoxy groups -OCH3 is 1. The van der Waals surface area contributed by atoms with Gasteiger partial charge in [-0.3, -0.25) is 4.79 Å². The topological polar surface area (TPSA) is 78.8 Å². The molecule has 1 aromatic rings. The van der Waals surface area contributed by atoms with E-state index in [1.165, 1.54) is 20.1 Å². The lowest BCUT2D eigenvalue weighted by Crippen LogP contribution is -2.08. The molecule has 0 aromatic heterocycles. The number of benzene rings is 1. The Labute approximate surface area is 87.3 Å². The van der Waals surface area contributed by atoms with Crippen molar-refractivity contribution in [3.63, 3.8) is 0 Å². The second-order valence-corrected chi connectivity index (χ2v) is 2.99. The van der Waals surface area contributed by atoms with Crippen LogP contribution in [0.3, 0.4) is 0 Å². The third-order valence-corrected chi connectivity index (χ3v) is 1.92. The van der Waals surface area contributed by atoms with E-state index in [1.807, 2.05) is 0 Å². The summed E-state index contributed by atoms with van der Waals surface area (Å²) in [6, 6.07) is 3.09. The van der Waals surface area contributed by atoms with Crippen LogP contribution >= 0.6 is 0 Å². The maximum Gasteiger partial charge on any atom is 0.221 e. The van der Waals surface area contributed by atoms with Crippen LogP contribution in [0.4, 0.5) is 5.69 Å². The Morgan fingerprint density at radius 3 is 2.67 bits per heavy atom. The number of hydrogen-bond acceptors (Lipinski definition) is 4. The molecule has 82 valence electrons. The smallest absolute Gasteiger partial charge is 0.221 e. The molecule has 0 fully saturated rings. The van der Waals surface area contributed by atoms with Crippen molar-refractivity contribution in [1.29, 1.82) is 0 Å². The minimum atomic E-state index is -0.326. The van der Waals surface area contributed by atoms with Crippen molar-refractivity contribution >= 4 is 11.6 Å². The standard InChI is InChI=1S/C10H13NO4/c1-6(13)11-9-7(5-12)3-4-8(15-2)10(9)14/h3-4,12,14H,5H2,1-2H3,(H,11,13). The van der Waals surface area contributed by atoms with Crippen molar-refractivity contribution in [2.75, 3.05) is 12.4 Å². The first kappa shape index (κ1) is 11.3. The number of carbonyl (C=O) groups is 1. The van der Waals surface area contributed by atoms with E-state index in [1.54, 1.807) is 6.07 Å². The molecule has 15 heavy (non-hydrogen) atoms. The highest BCUT2D eigenvalue weighted by Gasteiger charge is 2.13. The molecule has 0 radical (unpaired) electrons. The average Bonchev–Trinajstić information content (AvgIpc) is 2.20. The van der Waals surface area contributed by atoms with Crippen LogP contribution in [0.15, 0.2) is 12.1 Å². The highest BCUT2D eigenvalue weighted by atomic mass is 16.5. The molecule has 3 N–H and O–H groups in total. The highest BCUT2D eigenvalue weighted by molar-refractivity contribution is 5.92. The van der Waals surface area contributed by atoms with Crippen LogP contribution in [0, 0.1) is 0 Å². The Bertz CT molecular complexity index is 376. The Hall–Kier alpha value is -1.75. The quantitative estimate of drug-likeness (QED) is 0.648. The number of phenols is 1. The number of aliphatic hydroxyl groups excluding tert-OH is 1. The maximum atomic E-state index is 10.9. The van der Waals surface area contributed by atoms with Crippen LogP contribution in [-0.4, -0.2) is 23.2 Å². The summed E-state index contributed by atoms with van der Waals surface area (Å²) in [5.41, 5.74) is 0.618. The van der Waals surface area contributed by atoms with Crippen molar-refractivity contribution in [1.82, 2.24) is 0 Å². The summed E-state index contributed by atoms with van der Waals surface area (Å²) >= 11 is 0. The zero-order valence-corrected chi connectivity index (χ0v) is 8.57. The number of ether oxygens (including phenoxy) is 1. The second kappa shape index (κ2) is 4.65. The zero-order chi connectivity index (χ0) is 11.4. The molecule has 0 unspecified atom stereocenters. The van der Waals surface area contributed by atoms with Crippen molar-refractivity contribution in [2.24, 2.45) is 0 Å². The molecule has 0 aliphatic heterocycles. The number of amides is 1. The summed E-state index contributed by atoms with van der Waals surface area (Å²) in [5, 5.41) is 21.2. The van der Waals surface area contributed by atoms with Crippen LogP contribution in [0.1, 0.15) is 12.5 Å². The van der Waals surface area contributed by atoms with E-state index in [0.717, 1.165) is 0 Å². The molecule has 1 rings (SSSR count). The second-order valence-electron chi connectivity index (χ2n) is 2.99. The van der Waals surface area contributed by atoms with E-state index < -0.39 is 0 Å². The van der Waals surface area contributed by atoms with Crippen LogP contribution in [0.25, 0.3) is 0 Å². The van der Waals surface area contributed by atoms with E-state index in [4.69, 9.17) is 9.84 Å². The van der Waals surface area contributed by atoms with Crippen molar-refractivity contribution in [3.8, 4) is 11.5 Å². The molecule has 0 aliphatic carbocycles. The third kappa shape index (κ3) is 2.38. The number of nitrogens with one attached hydrogen (secondary N) is 1. The van der Waals surface area contributed by atoms with Gasteiger partial charge in [-0.05, 0) is 6.07 Å². The van der Waals surface area contributed by atoms with E-state index in [-0.39, 0.29) is 29.7 Å². The van der Waals surface area contributed by atoms with E-state index in [2.05, 4.69) is 5.32 Å². The molecule has 0 spiro atoms. The van der Waals surface area contributed by atoms with Crippen molar-refractivity contribution in [3.05, 3.63) is 17.7 Å². The van der Waals surface area contributed by atoms with Gasteiger partial charge in [-0.2, -0.15) is 0 Å². The van der Waals surface area contributed by atoms with E-state index in [9.17, 15) is 9.90 Å². The van der Waals surface area contributed by atoms with Crippen molar-refractivity contribution in [2.45, 2.75) is 13.5 Å². The van der Waals surface area contributed by atoms with Gasteiger partial charge in [-0.15, -0.1) is 0 Å². The van der Waals surface area contributed by atoms with Crippen LogP contribution in [-0.2, 0) is 11.4 Å². The number of aromatic hydroxyl groups is 1. The van der Waals surface area contributed by atoms with Crippen molar-refractivity contribution < 1.29 is 19.7 Å². The Kier molecular flexibility index (Phi) is 3.51. The Morgan fingerprint density at radius 1 is 1.53 bits per heavy atom. The van der Waals surface area contributed by atoms with E-state index >= 15 is 0 Å². The van der Waals surface area contributed by atoms with Gasteiger partial charge in [0.05, 0.1) is 19.4 Å². The largest absolute Gasteiger partial charge is 0.503 e. The van der Waals surface area contributed by atoms with Crippen LogP contribution < -0.4 is 10.1 Å². The average molecular weight is 211 g/mol. The highest BCUT2D eigenvalue weighted by Crippen LogP contribution is 2.36. The van der Waals surface area contributed by atoms with Gasteiger partial charge < -0.3 is 20.3 Å². The number of hydrogen-bond donors (Lipinski definition) is 3. The fourth-order valence-electron chi connectivity index (χ4n) is 1.23. The molecule has 0 saturated heterocycles. The predicted octanol–water partition coefficient (Wildman–Crippen LogP) is 0.851. The normalized spacial score (nSPS) is 9.80. The molecule has 1 aromatic carbocycles. The fraction of sp³-hybridized carbons (Fsp3) is 0.300. The molecule has 0 bridgehead atoms. The van der Waals surface area contributed by atoms with Gasteiger partial charge in [0, 0.05) is 12.5 Å². The van der Waals surface area contributed by atoms with Gasteiger partial charge in [0.15, 0.2) is 11.5 Å². The summed E-state index contributed by atoms with van der Waals surface area (Å²) in [6.45, 7) is 1.05. The monoisotopic (exact) mass is 211 g/mol. The van der Waals surface area contributed by atoms with Gasteiger partial charge in [-0.1, -0.05) is 6.07 Å². The number of rotatable bonds is 3. The lowest BCUT2D eigenvalue weighted by atomic mass is 10.1. The number of phenolic OH excluding ortho intramolecular Hbond substituents is 1. The minimum Gasteiger partial charge on any atom is -0.503 e. The molecule has 5 heteroatoms. The molecule has 0 aliphatic rings. The molecule has 5 nitrogen and oxygen atoms in total. The molecule has 0 saturated carbocycles. The minimum absolute atomic E-state index is 0.181. The lowest BCUT2D eigenvalue weighted by Gasteiger charge is -2.12. The van der Waals surface area contributed by atoms with Gasteiger partial charge in [0.25, 0.3) is 0 Å². The number of aliphatic hydroxyl groups is 1. The van der Waals surface area contributed by atoms with Gasteiger partial charge in [0.2, 0.25) is 5.91 Å². The third-order valence-electron chi connectivity index (χ3n) is 1.92. The van der Waals surface area contributed by atoms with Crippen LogP contribution in [0.5, 0.6) is 11.5 Å². The van der Waals surface area contributed by atoms with Gasteiger partial charge in [0.1, 0.15) is 0 Å². The molecule has 0 heterocycles.